The molecule has 27 heavy (non-hydrogen) atoms. The van der Waals surface area contributed by atoms with E-state index in [1.54, 1.807) is 48.3 Å². The first kappa shape index (κ1) is 18.7. The minimum atomic E-state index is -0.993. The second-order valence-corrected chi connectivity index (χ2v) is 6.04. The Morgan fingerprint density at radius 2 is 1.85 bits per heavy atom. The number of methoxy groups -OCH3 is 1. The van der Waals surface area contributed by atoms with Gasteiger partial charge in [-0.1, -0.05) is 36.4 Å². The van der Waals surface area contributed by atoms with Crippen molar-refractivity contribution >= 4 is 5.91 Å². The van der Waals surface area contributed by atoms with Crippen molar-refractivity contribution in [1.29, 1.82) is 0 Å². The number of carbonyl (C=O) groups is 1. The number of benzene rings is 2. The summed E-state index contributed by atoms with van der Waals surface area (Å²) in [6, 6.07) is 11.7. The number of ether oxygens (including phenoxy) is 1. The maximum atomic E-state index is 13.8. The van der Waals surface area contributed by atoms with E-state index in [1.807, 2.05) is 6.07 Å². The van der Waals surface area contributed by atoms with Crippen molar-refractivity contribution in [2.45, 2.75) is 12.1 Å². The van der Waals surface area contributed by atoms with Crippen molar-refractivity contribution in [3.05, 3.63) is 89.5 Å². The van der Waals surface area contributed by atoms with Gasteiger partial charge in [0.25, 0.3) is 5.91 Å². The second kappa shape index (κ2) is 8.09. The number of nitrogens with zero attached hydrogens (tertiary/aromatic N) is 2. The molecule has 0 saturated heterocycles. The van der Waals surface area contributed by atoms with Gasteiger partial charge >= 0.3 is 0 Å². The topological polar surface area (TPSA) is 56.1 Å². The summed E-state index contributed by atoms with van der Waals surface area (Å²) in [4.78, 5) is 17.1. The van der Waals surface area contributed by atoms with Crippen LogP contribution in [-0.2, 0) is 16.6 Å². The first-order chi connectivity index (χ1) is 13.0. The fraction of sp³-hybridized carbons (Fsp3) is 0.200. The zero-order valence-electron chi connectivity index (χ0n) is 14.9. The molecule has 140 valence electrons. The summed E-state index contributed by atoms with van der Waals surface area (Å²) in [5.74, 6) is -1.88. The van der Waals surface area contributed by atoms with Crippen LogP contribution in [0.3, 0.4) is 0 Å². The average Bonchev–Trinajstić information content (AvgIpc) is 3.09. The van der Waals surface area contributed by atoms with E-state index in [4.69, 9.17) is 4.74 Å². The molecule has 2 unspecified atom stereocenters. The van der Waals surface area contributed by atoms with Gasteiger partial charge in [0.2, 0.25) is 0 Å². The fourth-order valence-electron chi connectivity index (χ4n) is 2.88. The molecule has 1 aromatic heterocycles. The molecule has 0 aliphatic carbocycles. The molecule has 0 radical (unpaired) electrons. The number of halogens is 2. The second-order valence-electron chi connectivity index (χ2n) is 6.04. The van der Waals surface area contributed by atoms with Gasteiger partial charge in [-0.3, -0.25) is 4.79 Å². The molecule has 5 nitrogen and oxygen atoms in total. The lowest BCUT2D eigenvalue weighted by molar-refractivity contribution is -0.132. The van der Waals surface area contributed by atoms with E-state index in [1.165, 1.54) is 13.2 Å². The number of hydrogen-bond acceptors (Lipinski definition) is 3. The van der Waals surface area contributed by atoms with Crippen molar-refractivity contribution in [2.75, 3.05) is 7.11 Å². The number of carbonyl (C=O) groups excluding carboxylic acids is 1. The molecular weight excluding hydrogens is 352 g/mol. The zero-order chi connectivity index (χ0) is 19.4. The Hall–Kier alpha value is -3.06. The van der Waals surface area contributed by atoms with E-state index in [9.17, 15) is 13.6 Å². The third-order valence-corrected chi connectivity index (χ3v) is 4.26. The van der Waals surface area contributed by atoms with Crippen molar-refractivity contribution in [2.24, 2.45) is 7.05 Å². The van der Waals surface area contributed by atoms with Crippen LogP contribution in [0.4, 0.5) is 8.78 Å². The Balaban J connectivity index is 1.95. The van der Waals surface area contributed by atoms with Gasteiger partial charge in [0.1, 0.15) is 11.9 Å². The van der Waals surface area contributed by atoms with Crippen LogP contribution in [0.25, 0.3) is 0 Å². The maximum absolute atomic E-state index is 13.8. The molecule has 7 heteroatoms. The van der Waals surface area contributed by atoms with Gasteiger partial charge in [-0.15, -0.1) is 0 Å². The molecule has 0 aliphatic heterocycles. The molecule has 1 heterocycles. The van der Waals surface area contributed by atoms with E-state index in [0.717, 1.165) is 12.1 Å². The number of rotatable bonds is 6. The highest BCUT2D eigenvalue weighted by Gasteiger charge is 2.27. The Kier molecular flexibility index (Phi) is 5.61. The van der Waals surface area contributed by atoms with Crippen molar-refractivity contribution in [1.82, 2.24) is 14.9 Å². The number of aromatic nitrogens is 2. The van der Waals surface area contributed by atoms with Crippen molar-refractivity contribution in [3.8, 4) is 0 Å². The lowest BCUT2D eigenvalue weighted by Gasteiger charge is -2.23. The third-order valence-electron chi connectivity index (χ3n) is 4.26. The minimum Gasteiger partial charge on any atom is -0.367 e. The Morgan fingerprint density at radius 3 is 2.44 bits per heavy atom. The molecule has 0 aliphatic rings. The largest absolute Gasteiger partial charge is 0.367 e. The van der Waals surface area contributed by atoms with Gasteiger partial charge in [0.05, 0.1) is 0 Å². The van der Waals surface area contributed by atoms with Gasteiger partial charge in [-0.05, 0) is 23.3 Å². The predicted octanol–water partition coefficient (Wildman–Crippen LogP) is 3.29. The molecule has 3 rings (SSSR count). The van der Waals surface area contributed by atoms with Gasteiger partial charge in [-0.2, -0.15) is 0 Å². The summed E-state index contributed by atoms with van der Waals surface area (Å²) >= 11 is 0. The van der Waals surface area contributed by atoms with Crippen LogP contribution in [0.15, 0.2) is 60.9 Å². The average molecular weight is 371 g/mol. The van der Waals surface area contributed by atoms with Crippen LogP contribution in [0.5, 0.6) is 0 Å². The zero-order valence-corrected chi connectivity index (χ0v) is 14.9. The molecule has 0 bridgehead atoms. The molecule has 2 atom stereocenters. The van der Waals surface area contributed by atoms with E-state index in [2.05, 4.69) is 10.3 Å². The van der Waals surface area contributed by atoms with Crippen molar-refractivity contribution < 1.29 is 18.3 Å². The van der Waals surface area contributed by atoms with Crippen LogP contribution in [-0.4, -0.2) is 22.6 Å². The fourth-order valence-corrected chi connectivity index (χ4v) is 2.88. The van der Waals surface area contributed by atoms with Gasteiger partial charge in [-0.25, -0.2) is 13.8 Å². The molecule has 1 amide bonds. The lowest BCUT2D eigenvalue weighted by Crippen LogP contribution is -2.35. The Labute approximate surface area is 155 Å². The quantitative estimate of drug-likeness (QED) is 0.723. The standard InChI is InChI=1S/C20H19F2N3O2/c1-25-11-10-23-19(25)17(14-8-9-15(21)16(22)12-14)24-20(26)18(27-2)13-6-4-3-5-7-13/h3-12,17-18H,1-2H3,(H,24,26). The van der Waals surface area contributed by atoms with Crippen molar-refractivity contribution in [3.63, 3.8) is 0 Å². The highest BCUT2D eigenvalue weighted by Crippen LogP contribution is 2.25. The van der Waals surface area contributed by atoms with Gasteiger partial charge < -0.3 is 14.6 Å². The third kappa shape index (κ3) is 4.03. The van der Waals surface area contributed by atoms with E-state index < -0.39 is 29.7 Å². The number of amides is 1. The number of aryl methyl sites for hydroxylation is 1. The van der Waals surface area contributed by atoms with Crippen LogP contribution in [0.2, 0.25) is 0 Å². The summed E-state index contributed by atoms with van der Waals surface area (Å²) in [5, 5.41) is 2.84. The molecule has 0 saturated carbocycles. The first-order valence-electron chi connectivity index (χ1n) is 8.31. The van der Waals surface area contributed by atoms with Gasteiger partial charge in [0, 0.05) is 26.6 Å². The molecule has 3 aromatic rings. The highest BCUT2D eigenvalue weighted by molar-refractivity contribution is 5.83. The lowest BCUT2D eigenvalue weighted by atomic mass is 10.0. The summed E-state index contributed by atoms with van der Waals surface area (Å²) in [6.45, 7) is 0. The monoisotopic (exact) mass is 371 g/mol. The molecular formula is C20H19F2N3O2. The van der Waals surface area contributed by atoms with Crippen LogP contribution < -0.4 is 5.32 Å². The summed E-state index contributed by atoms with van der Waals surface area (Å²) in [5.41, 5.74) is 1.06. The van der Waals surface area contributed by atoms with E-state index >= 15 is 0 Å². The number of nitrogens with one attached hydrogen (secondary N) is 1. The SMILES string of the molecule is COC(C(=O)NC(c1ccc(F)c(F)c1)c1nccn1C)c1ccccc1. The normalized spacial score (nSPS) is 13.2. The first-order valence-corrected chi connectivity index (χ1v) is 8.31. The van der Waals surface area contributed by atoms with Gasteiger partial charge in [0.15, 0.2) is 17.7 Å². The predicted molar refractivity (Wildman–Crippen MR) is 95.7 cm³/mol. The number of imidazole rings is 1. The smallest absolute Gasteiger partial charge is 0.254 e. The molecule has 0 fully saturated rings. The Bertz CT molecular complexity index is 928. The molecule has 0 spiro atoms. The maximum Gasteiger partial charge on any atom is 0.254 e. The highest BCUT2D eigenvalue weighted by atomic mass is 19.2. The van der Waals surface area contributed by atoms with E-state index in [-0.39, 0.29) is 0 Å². The number of hydrogen-bond donors (Lipinski definition) is 1. The molecule has 1 N–H and O–H groups in total. The Morgan fingerprint density at radius 1 is 1.11 bits per heavy atom. The molecule has 2 aromatic carbocycles. The van der Waals surface area contributed by atoms with Crippen LogP contribution in [0, 0.1) is 11.6 Å². The van der Waals surface area contributed by atoms with Crippen LogP contribution >= 0.6 is 0 Å². The van der Waals surface area contributed by atoms with E-state index in [0.29, 0.717) is 17.0 Å². The van der Waals surface area contributed by atoms with Crippen LogP contribution in [0.1, 0.15) is 29.1 Å². The summed E-state index contributed by atoms with van der Waals surface area (Å²) in [7, 11) is 3.19. The minimum absolute atomic E-state index is 0.375. The summed E-state index contributed by atoms with van der Waals surface area (Å²) < 4.78 is 34.2. The summed E-state index contributed by atoms with van der Waals surface area (Å²) in [6.07, 6.45) is 2.43.